The lowest BCUT2D eigenvalue weighted by atomic mass is 10.0. The molecule has 0 amide bonds. The fraction of sp³-hybridized carbons (Fsp3) is 0.500. The Kier molecular flexibility index (Phi) is 2.43. The molecule has 74 valence electrons. The standard InChI is InChI=1S/C10H14N4/c1-3-7(2)4-8-10-9(14-13-8)5-11-6-12-10/h5-7H,3-4H2,1-2H3,(H,13,14). The molecule has 4 nitrogen and oxygen atoms in total. The molecule has 0 spiro atoms. The van der Waals surface area contributed by atoms with E-state index in [4.69, 9.17) is 0 Å². The van der Waals surface area contributed by atoms with Crippen LogP contribution in [0.4, 0.5) is 0 Å². The fourth-order valence-electron chi connectivity index (χ4n) is 1.45. The number of hydrogen-bond donors (Lipinski definition) is 1. The summed E-state index contributed by atoms with van der Waals surface area (Å²) in [4.78, 5) is 8.16. The lowest BCUT2D eigenvalue weighted by Gasteiger charge is -2.05. The second-order valence-corrected chi connectivity index (χ2v) is 3.68. The van der Waals surface area contributed by atoms with Crippen LogP contribution in [-0.2, 0) is 6.42 Å². The van der Waals surface area contributed by atoms with Crippen LogP contribution in [0.15, 0.2) is 12.5 Å². The quantitative estimate of drug-likeness (QED) is 0.804. The SMILES string of the molecule is CCC(C)Cc1[nH]nc2cncnc12. The number of hydrogen-bond acceptors (Lipinski definition) is 3. The van der Waals surface area contributed by atoms with Gasteiger partial charge in [0.2, 0.25) is 0 Å². The van der Waals surface area contributed by atoms with Gasteiger partial charge in [0.05, 0.1) is 11.9 Å². The first-order valence-corrected chi connectivity index (χ1v) is 4.94. The lowest BCUT2D eigenvalue weighted by Crippen LogP contribution is -1.99. The molecule has 0 bridgehead atoms. The molecular formula is C10H14N4. The van der Waals surface area contributed by atoms with Crippen LogP contribution in [0.5, 0.6) is 0 Å². The zero-order chi connectivity index (χ0) is 9.97. The van der Waals surface area contributed by atoms with E-state index in [1.54, 1.807) is 12.5 Å². The minimum atomic E-state index is 0.661. The van der Waals surface area contributed by atoms with Crippen LogP contribution < -0.4 is 0 Å². The molecule has 2 rings (SSSR count). The molecule has 2 aromatic heterocycles. The largest absolute Gasteiger partial charge is 0.280 e. The zero-order valence-corrected chi connectivity index (χ0v) is 8.49. The predicted octanol–water partition coefficient (Wildman–Crippen LogP) is 1.94. The summed E-state index contributed by atoms with van der Waals surface area (Å²) in [5, 5.41) is 7.18. The summed E-state index contributed by atoms with van der Waals surface area (Å²) in [7, 11) is 0. The highest BCUT2D eigenvalue weighted by Crippen LogP contribution is 2.16. The first kappa shape index (κ1) is 9.12. The maximum atomic E-state index is 4.22. The highest BCUT2D eigenvalue weighted by atomic mass is 15.1. The number of aromatic nitrogens is 4. The van der Waals surface area contributed by atoms with Gasteiger partial charge in [-0.3, -0.25) is 5.10 Å². The van der Waals surface area contributed by atoms with Gasteiger partial charge in [-0.1, -0.05) is 20.3 Å². The van der Waals surface area contributed by atoms with Crippen molar-refractivity contribution in [3.63, 3.8) is 0 Å². The summed E-state index contributed by atoms with van der Waals surface area (Å²) < 4.78 is 0. The Morgan fingerprint density at radius 2 is 2.36 bits per heavy atom. The van der Waals surface area contributed by atoms with Crippen molar-refractivity contribution >= 4 is 11.0 Å². The molecule has 0 aliphatic heterocycles. The molecule has 0 aromatic carbocycles. The maximum absolute atomic E-state index is 4.22. The summed E-state index contributed by atoms with van der Waals surface area (Å²) in [6.45, 7) is 4.42. The fourth-order valence-corrected chi connectivity index (χ4v) is 1.45. The van der Waals surface area contributed by atoms with Gasteiger partial charge in [-0.25, -0.2) is 9.97 Å². The Morgan fingerprint density at radius 3 is 3.14 bits per heavy atom. The molecule has 0 radical (unpaired) electrons. The third kappa shape index (κ3) is 1.60. The molecule has 2 aromatic rings. The topological polar surface area (TPSA) is 54.5 Å². The van der Waals surface area contributed by atoms with Crippen molar-refractivity contribution in [2.45, 2.75) is 26.7 Å². The van der Waals surface area contributed by atoms with Crippen LogP contribution in [0.25, 0.3) is 11.0 Å². The number of fused-ring (bicyclic) bond motifs is 1. The average Bonchev–Trinajstić information content (AvgIpc) is 2.62. The second-order valence-electron chi connectivity index (χ2n) is 3.68. The average molecular weight is 190 g/mol. The van der Waals surface area contributed by atoms with Crippen molar-refractivity contribution in [2.24, 2.45) is 5.92 Å². The zero-order valence-electron chi connectivity index (χ0n) is 8.49. The lowest BCUT2D eigenvalue weighted by molar-refractivity contribution is 0.553. The third-order valence-electron chi connectivity index (χ3n) is 2.54. The Labute approximate surface area is 82.8 Å². The van der Waals surface area contributed by atoms with E-state index in [2.05, 4.69) is 34.0 Å². The van der Waals surface area contributed by atoms with Gasteiger partial charge in [0, 0.05) is 0 Å². The molecule has 14 heavy (non-hydrogen) atoms. The van der Waals surface area contributed by atoms with E-state index in [9.17, 15) is 0 Å². The van der Waals surface area contributed by atoms with Gasteiger partial charge in [-0.15, -0.1) is 0 Å². The highest BCUT2D eigenvalue weighted by molar-refractivity contribution is 5.75. The van der Waals surface area contributed by atoms with Crippen molar-refractivity contribution in [3.05, 3.63) is 18.2 Å². The van der Waals surface area contributed by atoms with E-state index in [-0.39, 0.29) is 0 Å². The van der Waals surface area contributed by atoms with Gasteiger partial charge in [0.1, 0.15) is 17.4 Å². The molecule has 1 N–H and O–H groups in total. The second kappa shape index (κ2) is 3.74. The number of nitrogens with one attached hydrogen (secondary N) is 1. The van der Waals surface area contributed by atoms with E-state index in [1.807, 2.05) is 0 Å². The highest BCUT2D eigenvalue weighted by Gasteiger charge is 2.08. The number of aromatic amines is 1. The monoisotopic (exact) mass is 190 g/mol. The van der Waals surface area contributed by atoms with E-state index < -0.39 is 0 Å². The predicted molar refractivity (Wildman–Crippen MR) is 54.8 cm³/mol. The van der Waals surface area contributed by atoms with Gasteiger partial charge in [-0.05, 0) is 12.3 Å². The molecule has 4 heteroatoms. The molecule has 0 aliphatic carbocycles. The van der Waals surface area contributed by atoms with Gasteiger partial charge in [-0.2, -0.15) is 5.10 Å². The minimum absolute atomic E-state index is 0.661. The maximum Gasteiger partial charge on any atom is 0.129 e. The van der Waals surface area contributed by atoms with Crippen LogP contribution >= 0.6 is 0 Å². The third-order valence-corrected chi connectivity index (χ3v) is 2.54. The molecule has 0 saturated heterocycles. The van der Waals surface area contributed by atoms with Crippen molar-refractivity contribution in [2.75, 3.05) is 0 Å². The van der Waals surface area contributed by atoms with E-state index >= 15 is 0 Å². The molecule has 0 aliphatic rings. The first-order chi connectivity index (χ1) is 6.81. The van der Waals surface area contributed by atoms with Crippen molar-refractivity contribution in [1.29, 1.82) is 0 Å². The van der Waals surface area contributed by atoms with Gasteiger partial charge in [0.25, 0.3) is 0 Å². The Balaban J connectivity index is 2.33. The smallest absolute Gasteiger partial charge is 0.129 e. The van der Waals surface area contributed by atoms with Crippen molar-refractivity contribution in [1.82, 2.24) is 20.2 Å². The summed E-state index contributed by atoms with van der Waals surface area (Å²) in [5.41, 5.74) is 2.93. The summed E-state index contributed by atoms with van der Waals surface area (Å²) in [6, 6.07) is 0. The van der Waals surface area contributed by atoms with Crippen molar-refractivity contribution < 1.29 is 0 Å². The van der Waals surface area contributed by atoms with Crippen molar-refractivity contribution in [3.8, 4) is 0 Å². The number of H-pyrrole nitrogens is 1. The summed E-state index contributed by atoms with van der Waals surface area (Å²) >= 11 is 0. The Morgan fingerprint density at radius 1 is 1.50 bits per heavy atom. The Bertz CT molecular complexity index is 421. The van der Waals surface area contributed by atoms with Crippen LogP contribution in [0.2, 0.25) is 0 Å². The molecule has 0 fully saturated rings. The molecule has 2 heterocycles. The normalized spacial score (nSPS) is 13.3. The Hall–Kier alpha value is -1.45. The van der Waals surface area contributed by atoms with Gasteiger partial charge < -0.3 is 0 Å². The van der Waals surface area contributed by atoms with Crippen LogP contribution in [0.3, 0.4) is 0 Å². The number of rotatable bonds is 3. The van der Waals surface area contributed by atoms with Gasteiger partial charge >= 0.3 is 0 Å². The number of nitrogens with zero attached hydrogens (tertiary/aromatic N) is 3. The molecule has 1 unspecified atom stereocenters. The van der Waals surface area contributed by atoms with E-state index in [0.717, 1.165) is 23.1 Å². The molecular weight excluding hydrogens is 176 g/mol. The van der Waals surface area contributed by atoms with Gasteiger partial charge in [0.15, 0.2) is 0 Å². The van der Waals surface area contributed by atoms with E-state index in [1.165, 1.54) is 6.42 Å². The molecule has 0 saturated carbocycles. The van der Waals surface area contributed by atoms with Crippen LogP contribution in [0.1, 0.15) is 26.0 Å². The minimum Gasteiger partial charge on any atom is -0.280 e. The summed E-state index contributed by atoms with van der Waals surface area (Å²) in [5.74, 6) is 0.661. The van der Waals surface area contributed by atoms with E-state index in [0.29, 0.717) is 5.92 Å². The van der Waals surface area contributed by atoms with Crippen LogP contribution in [0, 0.1) is 5.92 Å². The van der Waals surface area contributed by atoms with Crippen LogP contribution in [-0.4, -0.2) is 20.2 Å². The summed E-state index contributed by atoms with van der Waals surface area (Å²) in [6.07, 6.45) is 5.48. The first-order valence-electron chi connectivity index (χ1n) is 4.94. The molecule has 1 atom stereocenters.